The smallest absolute Gasteiger partial charge is 0.337 e. The molecule has 10 nitrogen and oxygen atoms in total. The van der Waals surface area contributed by atoms with Crippen LogP contribution in [-0.2, 0) is 21.2 Å². The first-order valence-electron chi connectivity index (χ1n) is 14.0. The Balaban J connectivity index is 1.07. The Hall–Kier alpha value is -4.16. The lowest BCUT2D eigenvalue weighted by Gasteiger charge is -2.29. The number of carbonyl (C=O) groups is 2. The molecule has 3 aromatic carbocycles. The fourth-order valence-electron chi connectivity index (χ4n) is 4.86. The second-order valence-electron chi connectivity index (χ2n) is 10.4. The van der Waals surface area contributed by atoms with Crippen molar-refractivity contribution in [2.75, 3.05) is 5.32 Å². The van der Waals surface area contributed by atoms with Gasteiger partial charge in [0.1, 0.15) is 11.5 Å². The Bertz CT molecular complexity index is 1780. The molecule has 0 bridgehead atoms. The third kappa shape index (κ3) is 8.73. The van der Waals surface area contributed by atoms with E-state index >= 15 is 0 Å². The van der Waals surface area contributed by atoms with Crippen LogP contribution in [-0.4, -0.2) is 42.5 Å². The number of hydrogen-bond donors (Lipinski definition) is 3. The van der Waals surface area contributed by atoms with Gasteiger partial charge in [0.15, 0.2) is 0 Å². The molecule has 0 radical (unpaired) electrons. The molecule has 1 aliphatic rings. The van der Waals surface area contributed by atoms with Crippen LogP contribution in [0.15, 0.2) is 90.0 Å². The number of rotatable bonds is 11. The topological polar surface area (TPSA) is 144 Å². The van der Waals surface area contributed by atoms with Crippen LogP contribution in [0.1, 0.15) is 41.6 Å². The summed E-state index contributed by atoms with van der Waals surface area (Å²) in [5.74, 6) is 0.0622. The molecule has 0 atom stereocenters. The zero-order valence-corrected chi connectivity index (χ0v) is 26.1. The highest BCUT2D eigenvalue weighted by molar-refractivity contribution is 7.89. The molecule has 45 heavy (non-hydrogen) atoms. The summed E-state index contributed by atoms with van der Waals surface area (Å²) < 4.78 is 40.2. The van der Waals surface area contributed by atoms with Crippen LogP contribution in [0.2, 0.25) is 10.0 Å². The van der Waals surface area contributed by atoms with Gasteiger partial charge in [0, 0.05) is 18.3 Å². The van der Waals surface area contributed by atoms with E-state index in [0.717, 1.165) is 0 Å². The third-order valence-corrected chi connectivity index (χ3v) is 9.40. The summed E-state index contributed by atoms with van der Waals surface area (Å²) in [5, 5.41) is 12.4. The predicted octanol–water partition coefficient (Wildman–Crippen LogP) is 6.73. The normalized spacial score (nSPS) is 16.5. The van der Waals surface area contributed by atoms with Crippen LogP contribution in [0.4, 0.5) is 5.69 Å². The van der Waals surface area contributed by atoms with Gasteiger partial charge in [0.05, 0.1) is 38.7 Å². The van der Waals surface area contributed by atoms with Gasteiger partial charge in [0.25, 0.3) is 0 Å². The molecular weight excluding hydrogens is 641 g/mol. The van der Waals surface area contributed by atoms with Crippen LogP contribution < -0.4 is 19.5 Å². The van der Waals surface area contributed by atoms with Crippen molar-refractivity contribution in [1.29, 1.82) is 0 Å². The molecule has 5 rings (SSSR count). The summed E-state index contributed by atoms with van der Waals surface area (Å²) >= 11 is 11.9. The summed E-state index contributed by atoms with van der Waals surface area (Å²) in [5.41, 5.74) is 0.874. The molecular formula is C32H29Cl2N3O7S. The van der Waals surface area contributed by atoms with Gasteiger partial charge in [-0.3, -0.25) is 4.79 Å². The second-order valence-corrected chi connectivity index (χ2v) is 13.0. The van der Waals surface area contributed by atoms with E-state index in [1.165, 1.54) is 36.5 Å². The zero-order valence-electron chi connectivity index (χ0n) is 23.8. The average Bonchev–Trinajstić information content (AvgIpc) is 3.01. The first-order chi connectivity index (χ1) is 21.6. The Morgan fingerprint density at radius 1 is 0.889 bits per heavy atom. The molecule has 0 aliphatic heterocycles. The number of benzene rings is 3. The number of carboxylic acids is 1. The number of carboxylic acid groups (broad SMARTS) is 1. The molecule has 0 unspecified atom stereocenters. The van der Waals surface area contributed by atoms with Crippen molar-refractivity contribution < 1.29 is 32.6 Å². The highest BCUT2D eigenvalue weighted by atomic mass is 35.5. The molecule has 0 saturated heterocycles. The number of aromatic nitrogens is 1. The van der Waals surface area contributed by atoms with Crippen molar-refractivity contribution >= 4 is 50.8 Å². The van der Waals surface area contributed by atoms with Crippen molar-refractivity contribution in [2.24, 2.45) is 0 Å². The van der Waals surface area contributed by atoms with Crippen molar-refractivity contribution in [3.05, 3.63) is 106 Å². The maximum absolute atomic E-state index is 12.8. The first kappa shape index (κ1) is 32.2. The average molecular weight is 671 g/mol. The minimum atomic E-state index is -3.72. The number of amides is 1. The number of hydrogen-bond acceptors (Lipinski definition) is 7. The number of nitrogens with one attached hydrogen (secondary N) is 2. The number of anilines is 1. The van der Waals surface area contributed by atoms with E-state index in [-0.39, 0.29) is 45.6 Å². The van der Waals surface area contributed by atoms with Crippen molar-refractivity contribution in [3.8, 4) is 17.4 Å². The van der Waals surface area contributed by atoms with Gasteiger partial charge in [-0.05, 0) is 85.8 Å². The van der Waals surface area contributed by atoms with Gasteiger partial charge in [-0.2, -0.15) is 0 Å². The molecule has 1 aromatic heterocycles. The number of para-hydroxylation sites is 1. The van der Waals surface area contributed by atoms with Crippen molar-refractivity contribution in [1.82, 2.24) is 9.71 Å². The molecule has 234 valence electrons. The summed E-state index contributed by atoms with van der Waals surface area (Å²) in [7, 11) is -3.72. The fourth-order valence-corrected chi connectivity index (χ4v) is 6.56. The SMILES string of the molecule is O=C(Cc1ccc(Oc2ccc(OC3CCC(NS(=O)(=O)c4ccc(Cl)c(Cl)c4)CC3)cc2)nc1)Nc1ccccc1C(=O)O. The largest absolute Gasteiger partial charge is 0.490 e. The molecule has 1 saturated carbocycles. The van der Waals surface area contributed by atoms with E-state index in [1.54, 1.807) is 48.5 Å². The van der Waals surface area contributed by atoms with Crippen LogP contribution in [0.5, 0.6) is 17.4 Å². The van der Waals surface area contributed by atoms with Gasteiger partial charge in [0.2, 0.25) is 21.8 Å². The van der Waals surface area contributed by atoms with Gasteiger partial charge in [-0.15, -0.1) is 0 Å². The number of sulfonamides is 1. The van der Waals surface area contributed by atoms with E-state index in [0.29, 0.717) is 53.6 Å². The molecule has 1 heterocycles. The summed E-state index contributed by atoms with van der Waals surface area (Å²) in [6, 6.07) is 20.7. The molecule has 1 fully saturated rings. The van der Waals surface area contributed by atoms with E-state index in [9.17, 15) is 23.1 Å². The maximum atomic E-state index is 12.8. The molecule has 1 aliphatic carbocycles. The van der Waals surface area contributed by atoms with Crippen LogP contribution in [0, 0.1) is 0 Å². The fraction of sp³-hybridized carbons (Fsp3) is 0.219. The van der Waals surface area contributed by atoms with Crippen molar-refractivity contribution in [2.45, 2.75) is 49.1 Å². The van der Waals surface area contributed by atoms with Gasteiger partial charge in [-0.1, -0.05) is 41.4 Å². The van der Waals surface area contributed by atoms with Crippen molar-refractivity contribution in [3.63, 3.8) is 0 Å². The Morgan fingerprint density at radius 3 is 2.27 bits per heavy atom. The molecule has 4 aromatic rings. The zero-order chi connectivity index (χ0) is 32.0. The Kier molecular flexibility index (Phi) is 10.2. The number of aromatic carboxylic acids is 1. The molecule has 0 spiro atoms. The molecule has 1 amide bonds. The third-order valence-electron chi connectivity index (χ3n) is 7.14. The number of pyridine rings is 1. The lowest BCUT2D eigenvalue weighted by atomic mass is 9.94. The van der Waals surface area contributed by atoms with Crippen LogP contribution in [0.25, 0.3) is 0 Å². The van der Waals surface area contributed by atoms with Crippen LogP contribution in [0.3, 0.4) is 0 Å². The monoisotopic (exact) mass is 669 g/mol. The maximum Gasteiger partial charge on any atom is 0.337 e. The number of halogens is 2. The lowest BCUT2D eigenvalue weighted by molar-refractivity contribution is -0.115. The first-order valence-corrected chi connectivity index (χ1v) is 16.3. The highest BCUT2D eigenvalue weighted by Gasteiger charge is 2.27. The highest BCUT2D eigenvalue weighted by Crippen LogP contribution is 2.29. The minimum Gasteiger partial charge on any atom is -0.490 e. The Labute approximate surface area is 270 Å². The van der Waals surface area contributed by atoms with E-state index in [4.69, 9.17) is 32.7 Å². The van der Waals surface area contributed by atoms with E-state index in [2.05, 4.69) is 15.0 Å². The van der Waals surface area contributed by atoms with Crippen LogP contribution >= 0.6 is 23.2 Å². The number of ether oxygens (including phenoxy) is 2. The predicted molar refractivity (Wildman–Crippen MR) is 170 cm³/mol. The van der Waals surface area contributed by atoms with Gasteiger partial charge < -0.3 is 19.9 Å². The van der Waals surface area contributed by atoms with E-state index < -0.39 is 16.0 Å². The number of carbonyl (C=O) groups excluding carboxylic acids is 1. The standard InChI is InChI=1S/C32H29Cl2N3O7S/c33-27-15-14-25(18-28(27)34)45(41,42)37-21-6-8-22(9-7-21)43-23-10-12-24(13-11-23)44-31-16-5-20(19-35-31)17-30(38)36-29-4-2-1-3-26(29)32(39)40/h1-5,10-16,18-19,21-22,37H,6-9,17H2,(H,36,38)(H,39,40). The molecule has 3 N–H and O–H groups in total. The minimum absolute atomic E-state index is 0.0122. The Morgan fingerprint density at radius 2 is 1.60 bits per heavy atom. The quantitative estimate of drug-likeness (QED) is 0.159. The van der Waals surface area contributed by atoms with Gasteiger partial charge >= 0.3 is 5.97 Å². The number of nitrogens with zero attached hydrogens (tertiary/aromatic N) is 1. The second kappa shape index (κ2) is 14.3. The van der Waals surface area contributed by atoms with Gasteiger partial charge in [-0.25, -0.2) is 22.9 Å². The van der Waals surface area contributed by atoms with E-state index in [1.807, 2.05) is 0 Å². The summed E-state index contributed by atoms with van der Waals surface area (Å²) in [4.78, 5) is 28.1. The molecule has 13 heteroatoms. The summed E-state index contributed by atoms with van der Waals surface area (Å²) in [6.07, 6.45) is 4.12. The lowest BCUT2D eigenvalue weighted by Crippen LogP contribution is -2.39. The summed E-state index contributed by atoms with van der Waals surface area (Å²) in [6.45, 7) is 0.